The number of nitrogens with one attached hydrogen (secondary N) is 1. The summed E-state index contributed by atoms with van der Waals surface area (Å²) < 4.78 is 13.1. The summed E-state index contributed by atoms with van der Waals surface area (Å²) in [6.45, 7) is 0. The Morgan fingerprint density at radius 3 is 2.55 bits per heavy atom. The Morgan fingerprint density at radius 1 is 1.20 bits per heavy atom. The standard InChI is InChI=1S/C14H10Cl2FNO2/c15-8-4-5-11(12(16)6-8)13(14(19)20)18-10-3-1-2-9(17)7-10/h1-7,13,18H,(H,19,20). The summed E-state index contributed by atoms with van der Waals surface area (Å²) in [7, 11) is 0. The molecule has 2 aromatic carbocycles. The lowest BCUT2D eigenvalue weighted by atomic mass is 10.1. The van der Waals surface area contributed by atoms with Crippen molar-refractivity contribution in [2.75, 3.05) is 5.32 Å². The van der Waals surface area contributed by atoms with Crippen molar-refractivity contribution in [2.45, 2.75) is 6.04 Å². The number of carboxylic acid groups (broad SMARTS) is 1. The minimum Gasteiger partial charge on any atom is -0.479 e. The first-order chi connectivity index (χ1) is 9.47. The first-order valence-electron chi connectivity index (χ1n) is 5.67. The summed E-state index contributed by atoms with van der Waals surface area (Å²) in [5.41, 5.74) is 0.705. The van der Waals surface area contributed by atoms with Crippen LogP contribution in [0, 0.1) is 5.82 Å². The molecule has 0 aliphatic rings. The summed E-state index contributed by atoms with van der Waals surface area (Å²) in [5.74, 6) is -1.58. The number of rotatable bonds is 4. The lowest BCUT2D eigenvalue weighted by Crippen LogP contribution is -2.20. The van der Waals surface area contributed by atoms with E-state index in [0.717, 1.165) is 0 Å². The van der Waals surface area contributed by atoms with E-state index in [2.05, 4.69) is 5.32 Å². The van der Waals surface area contributed by atoms with Crippen LogP contribution in [0.3, 0.4) is 0 Å². The van der Waals surface area contributed by atoms with Crippen LogP contribution in [0.4, 0.5) is 10.1 Å². The third-order valence-corrected chi connectivity index (χ3v) is 3.22. The van der Waals surface area contributed by atoms with Gasteiger partial charge in [0, 0.05) is 21.3 Å². The molecular formula is C14H10Cl2FNO2. The molecule has 104 valence electrons. The molecule has 0 aliphatic heterocycles. The maximum atomic E-state index is 13.1. The number of benzene rings is 2. The van der Waals surface area contributed by atoms with E-state index in [9.17, 15) is 14.3 Å². The number of anilines is 1. The highest BCUT2D eigenvalue weighted by Crippen LogP contribution is 2.29. The zero-order valence-electron chi connectivity index (χ0n) is 10.1. The van der Waals surface area contributed by atoms with Gasteiger partial charge in [-0.2, -0.15) is 0 Å². The topological polar surface area (TPSA) is 49.3 Å². The number of carboxylic acids is 1. The first kappa shape index (κ1) is 14.6. The van der Waals surface area contributed by atoms with Crippen molar-refractivity contribution in [1.82, 2.24) is 0 Å². The highest BCUT2D eigenvalue weighted by atomic mass is 35.5. The second kappa shape index (κ2) is 6.11. The van der Waals surface area contributed by atoms with Gasteiger partial charge in [0.05, 0.1) is 0 Å². The van der Waals surface area contributed by atoms with Gasteiger partial charge in [0.2, 0.25) is 0 Å². The molecule has 0 aliphatic carbocycles. The van der Waals surface area contributed by atoms with Crippen molar-refractivity contribution in [1.29, 1.82) is 0 Å². The maximum absolute atomic E-state index is 13.1. The van der Waals surface area contributed by atoms with Gasteiger partial charge in [0.1, 0.15) is 5.82 Å². The van der Waals surface area contributed by atoms with Crippen LogP contribution < -0.4 is 5.32 Å². The average molecular weight is 314 g/mol. The minimum atomic E-state index is -1.13. The molecule has 0 fully saturated rings. The molecule has 20 heavy (non-hydrogen) atoms. The van der Waals surface area contributed by atoms with Crippen molar-refractivity contribution in [2.24, 2.45) is 0 Å². The van der Waals surface area contributed by atoms with E-state index in [-0.39, 0.29) is 5.02 Å². The smallest absolute Gasteiger partial charge is 0.330 e. The van der Waals surface area contributed by atoms with E-state index in [4.69, 9.17) is 23.2 Å². The van der Waals surface area contributed by atoms with Gasteiger partial charge in [0.25, 0.3) is 0 Å². The predicted octanol–water partition coefficient (Wildman–Crippen LogP) is 4.37. The number of carbonyl (C=O) groups is 1. The van der Waals surface area contributed by atoms with Gasteiger partial charge in [0.15, 0.2) is 6.04 Å². The van der Waals surface area contributed by atoms with Crippen molar-refractivity contribution in [3.63, 3.8) is 0 Å². The molecule has 0 amide bonds. The Morgan fingerprint density at radius 2 is 1.95 bits per heavy atom. The summed E-state index contributed by atoms with van der Waals surface area (Å²) in [6, 6.07) is 8.98. The van der Waals surface area contributed by atoms with Crippen LogP contribution in [-0.2, 0) is 4.79 Å². The summed E-state index contributed by atoms with van der Waals surface area (Å²) >= 11 is 11.8. The van der Waals surface area contributed by atoms with Crippen molar-refractivity contribution < 1.29 is 14.3 Å². The van der Waals surface area contributed by atoms with Crippen LogP contribution >= 0.6 is 23.2 Å². The Balaban J connectivity index is 2.34. The SMILES string of the molecule is O=C(O)C(Nc1cccc(F)c1)c1ccc(Cl)cc1Cl. The molecule has 1 atom stereocenters. The zero-order chi connectivity index (χ0) is 14.7. The van der Waals surface area contributed by atoms with Crippen LogP contribution in [0.15, 0.2) is 42.5 Å². The molecule has 0 aromatic heterocycles. The van der Waals surface area contributed by atoms with Gasteiger partial charge in [-0.25, -0.2) is 9.18 Å². The predicted molar refractivity (Wildman–Crippen MR) is 76.9 cm³/mol. The van der Waals surface area contributed by atoms with E-state index >= 15 is 0 Å². The van der Waals surface area contributed by atoms with Gasteiger partial charge >= 0.3 is 5.97 Å². The lowest BCUT2D eigenvalue weighted by Gasteiger charge is -2.17. The Hall–Kier alpha value is -1.78. The van der Waals surface area contributed by atoms with Crippen LogP contribution in [0.5, 0.6) is 0 Å². The normalized spacial score (nSPS) is 11.9. The molecule has 0 saturated heterocycles. The molecule has 0 bridgehead atoms. The number of aliphatic carboxylic acids is 1. The summed E-state index contributed by atoms with van der Waals surface area (Å²) in [6.07, 6.45) is 0. The molecule has 2 aromatic rings. The quantitative estimate of drug-likeness (QED) is 0.881. The summed E-state index contributed by atoms with van der Waals surface area (Å²) in [4.78, 5) is 11.4. The molecule has 0 heterocycles. The molecular weight excluding hydrogens is 304 g/mol. The highest BCUT2D eigenvalue weighted by molar-refractivity contribution is 6.35. The fourth-order valence-electron chi connectivity index (χ4n) is 1.75. The molecule has 3 nitrogen and oxygen atoms in total. The second-order valence-electron chi connectivity index (χ2n) is 4.09. The van der Waals surface area contributed by atoms with E-state index in [1.165, 1.54) is 30.3 Å². The van der Waals surface area contributed by atoms with Gasteiger partial charge in [-0.1, -0.05) is 35.3 Å². The van der Waals surface area contributed by atoms with E-state index in [1.54, 1.807) is 12.1 Å². The largest absolute Gasteiger partial charge is 0.479 e. The molecule has 0 spiro atoms. The molecule has 0 saturated carbocycles. The molecule has 2 N–H and O–H groups in total. The van der Waals surface area contributed by atoms with Crippen LogP contribution in [0.2, 0.25) is 10.0 Å². The van der Waals surface area contributed by atoms with Gasteiger partial charge in [-0.05, 0) is 30.3 Å². The second-order valence-corrected chi connectivity index (χ2v) is 4.94. The van der Waals surface area contributed by atoms with Crippen molar-refractivity contribution in [3.8, 4) is 0 Å². The van der Waals surface area contributed by atoms with E-state index in [0.29, 0.717) is 16.3 Å². The maximum Gasteiger partial charge on any atom is 0.330 e. The molecule has 1 unspecified atom stereocenters. The zero-order valence-corrected chi connectivity index (χ0v) is 11.6. The lowest BCUT2D eigenvalue weighted by molar-refractivity contribution is -0.138. The van der Waals surface area contributed by atoms with Crippen molar-refractivity contribution in [3.05, 3.63) is 63.9 Å². The van der Waals surface area contributed by atoms with Crippen LogP contribution in [0.1, 0.15) is 11.6 Å². The van der Waals surface area contributed by atoms with Crippen molar-refractivity contribution >= 4 is 34.9 Å². The molecule has 2 rings (SSSR count). The average Bonchev–Trinajstić information content (AvgIpc) is 2.36. The van der Waals surface area contributed by atoms with Gasteiger partial charge in [-0.3, -0.25) is 0 Å². The minimum absolute atomic E-state index is 0.230. The number of hydrogen-bond acceptors (Lipinski definition) is 2. The van der Waals surface area contributed by atoms with Crippen LogP contribution in [-0.4, -0.2) is 11.1 Å². The van der Waals surface area contributed by atoms with E-state index in [1.807, 2.05) is 0 Å². The number of halogens is 3. The fourth-order valence-corrected chi connectivity index (χ4v) is 2.27. The van der Waals surface area contributed by atoms with Gasteiger partial charge < -0.3 is 10.4 Å². The van der Waals surface area contributed by atoms with Gasteiger partial charge in [-0.15, -0.1) is 0 Å². The third-order valence-electron chi connectivity index (χ3n) is 2.66. The Bertz CT molecular complexity index is 649. The molecule has 0 radical (unpaired) electrons. The highest BCUT2D eigenvalue weighted by Gasteiger charge is 2.22. The fraction of sp³-hybridized carbons (Fsp3) is 0.0714. The van der Waals surface area contributed by atoms with E-state index < -0.39 is 17.8 Å². The third kappa shape index (κ3) is 3.40. The first-order valence-corrected chi connectivity index (χ1v) is 6.43. The summed E-state index contributed by atoms with van der Waals surface area (Å²) in [5, 5.41) is 12.7. The van der Waals surface area contributed by atoms with Crippen LogP contribution in [0.25, 0.3) is 0 Å². The Kier molecular flexibility index (Phi) is 4.47. The number of hydrogen-bond donors (Lipinski definition) is 2. The Labute approximate surface area is 124 Å². The molecule has 6 heteroatoms. The monoisotopic (exact) mass is 313 g/mol.